The minimum absolute atomic E-state index is 0.0515. The topological polar surface area (TPSA) is 101 Å². The molecular formula is C12H12F2N2O5. The second kappa shape index (κ2) is 6.73. The van der Waals surface area contributed by atoms with Gasteiger partial charge in [-0.3, -0.25) is 19.7 Å². The average molecular weight is 302 g/mol. The lowest BCUT2D eigenvalue weighted by atomic mass is 10.1. The van der Waals surface area contributed by atoms with Crippen molar-refractivity contribution < 1.29 is 28.4 Å². The fourth-order valence-corrected chi connectivity index (χ4v) is 1.67. The van der Waals surface area contributed by atoms with Crippen LogP contribution in [0.15, 0.2) is 12.1 Å². The number of benzene rings is 1. The molecule has 0 saturated heterocycles. The SMILES string of the molecule is CCN(CCC(=O)O)C(=O)c1cc(F)cc([N+](=O)[O-])c1F. The molecule has 0 fully saturated rings. The van der Waals surface area contributed by atoms with E-state index in [-0.39, 0.29) is 19.5 Å². The van der Waals surface area contributed by atoms with Gasteiger partial charge < -0.3 is 10.0 Å². The molecule has 1 rings (SSSR count). The monoisotopic (exact) mass is 302 g/mol. The zero-order valence-electron chi connectivity index (χ0n) is 11.0. The molecule has 0 atom stereocenters. The van der Waals surface area contributed by atoms with Gasteiger partial charge in [-0.25, -0.2) is 4.39 Å². The predicted molar refractivity (Wildman–Crippen MR) is 66.8 cm³/mol. The number of rotatable bonds is 6. The molecule has 1 N–H and O–H groups in total. The zero-order valence-corrected chi connectivity index (χ0v) is 11.0. The van der Waals surface area contributed by atoms with Crippen molar-refractivity contribution in [2.45, 2.75) is 13.3 Å². The Balaban J connectivity index is 3.16. The highest BCUT2D eigenvalue weighted by molar-refractivity contribution is 5.95. The molecule has 0 heterocycles. The van der Waals surface area contributed by atoms with Gasteiger partial charge in [0.05, 0.1) is 23.0 Å². The van der Waals surface area contributed by atoms with Crippen molar-refractivity contribution in [3.8, 4) is 0 Å². The van der Waals surface area contributed by atoms with E-state index in [1.807, 2.05) is 0 Å². The Kier molecular flexibility index (Phi) is 5.28. The fourth-order valence-electron chi connectivity index (χ4n) is 1.67. The molecule has 0 aliphatic heterocycles. The smallest absolute Gasteiger partial charge is 0.308 e. The molecule has 0 unspecified atom stereocenters. The Labute approximate surface area is 117 Å². The maximum absolute atomic E-state index is 13.9. The van der Waals surface area contributed by atoms with Crippen molar-refractivity contribution in [3.05, 3.63) is 39.4 Å². The molecule has 0 aliphatic carbocycles. The predicted octanol–water partition coefficient (Wildman–Crippen LogP) is 1.81. The lowest BCUT2D eigenvalue weighted by Gasteiger charge is -2.20. The second-order valence-corrected chi connectivity index (χ2v) is 4.07. The highest BCUT2D eigenvalue weighted by Crippen LogP contribution is 2.23. The molecule has 1 aromatic carbocycles. The van der Waals surface area contributed by atoms with Crippen LogP contribution in [0.2, 0.25) is 0 Å². The highest BCUT2D eigenvalue weighted by Gasteiger charge is 2.26. The summed E-state index contributed by atoms with van der Waals surface area (Å²) in [4.78, 5) is 33.0. The molecule has 0 radical (unpaired) electrons. The Morgan fingerprint density at radius 3 is 2.48 bits per heavy atom. The van der Waals surface area contributed by atoms with Crippen molar-refractivity contribution in [1.82, 2.24) is 4.90 Å². The third kappa shape index (κ3) is 3.94. The zero-order chi connectivity index (χ0) is 16.2. The molecule has 21 heavy (non-hydrogen) atoms. The van der Waals surface area contributed by atoms with Crippen molar-refractivity contribution >= 4 is 17.6 Å². The van der Waals surface area contributed by atoms with Gasteiger partial charge >= 0.3 is 11.7 Å². The normalized spacial score (nSPS) is 10.2. The number of nitro groups is 1. The number of hydrogen-bond acceptors (Lipinski definition) is 4. The maximum atomic E-state index is 13.9. The second-order valence-electron chi connectivity index (χ2n) is 4.07. The summed E-state index contributed by atoms with van der Waals surface area (Å²) in [5.74, 6) is -4.73. The van der Waals surface area contributed by atoms with Crippen molar-refractivity contribution in [1.29, 1.82) is 0 Å². The summed E-state index contributed by atoms with van der Waals surface area (Å²) in [5, 5.41) is 19.2. The largest absolute Gasteiger partial charge is 0.481 e. The van der Waals surface area contributed by atoms with Crippen LogP contribution in [0.5, 0.6) is 0 Å². The number of carbonyl (C=O) groups excluding carboxylic acids is 1. The first-order chi connectivity index (χ1) is 9.77. The third-order valence-electron chi connectivity index (χ3n) is 2.71. The molecule has 0 spiro atoms. The van der Waals surface area contributed by atoms with E-state index in [0.717, 1.165) is 4.90 Å². The van der Waals surface area contributed by atoms with Crippen LogP contribution in [0.25, 0.3) is 0 Å². The minimum Gasteiger partial charge on any atom is -0.481 e. The lowest BCUT2D eigenvalue weighted by molar-refractivity contribution is -0.387. The van der Waals surface area contributed by atoms with E-state index in [9.17, 15) is 28.5 Å². The summed E-state index contributed by atoms with van der Waals surface area (Å²) < 4.78 is 27.2. The van der Waals surface area contributed by atoms with E-state index in [0.29, 0.717) is 12.1 Å². The molecule has 9 heteroatoms. The maximum Gasteiger partial charge on any atom is 0.308 e. The van der Waals surface area contributed by atoms with Gasteiger partial charge in [0.2, 0.25) is 5.82 Å². The van der Waals surface area contributed by atoms with Gasteiger partial charge in [0, 0.05) is 13.1 Å². The number of halogens is 2. The summed E-state index contributed by atoms with van der Waals surface area (Å²) in [7, 11) is 0. The van der Waals surface area contributed by atoms with Crippen molar-refractivity contribution in [2.24, 2.45) is 0 Å². The van der Waals surface area contributed by atoms with Gasteiger partial charge in [0.25, 0.3) is 5.91 Å². The van der Waals surface area contributed by atoms with E-state index in [2.05, 4.69) is 0 Å². The van der Waals surface area contributed by atoms with Crippen LogP contribution in [0, 0.1) is 21.7 Å². The number of aliphatic carboxylic acids is 1. The average Bonchev–Trinajstić information content (AvgIpc) is 2.40. The van der Waals surface area contributed by atoms with Crippen LogP contribution >= 0.6 is 0 Å². The summed E-state index contributed by atoms with van der Waals surface area (Å²) in [5.41, 5.74) is -1.94. The Morgan fingerprint density at radius 2 is 2.00 bits per heavy atom. The summed E-state index contributed by atoms with van der Waals surface area (Å²) in [6.45, 7) is 1.36. The number of carbonyl (C=O) groups is 2. The van der Waals surface area contributed by atoms with E-state index in [4.69, 9.17) is 5.11 Å². The van der Waals surface area contributed by atoms with E-state index in [1.54, 1.807) is 0 Å². The van der Waals surface area contributed by atoms with Gasteiger partial charge in [-0.05, 0) is 13.0 Å². The van der Waals surface area contributed by atoms with Gasteiger partial charge in [-0.1, -0.05) is 0 Å². The molecule has 0 saturated carbocycles. The van der Waals surface area contributed by atoms with Crippen LogP contribution in [0.4, 0.5) is 14.5 Å². The molecule has 0 aromatic heterocycles. The standard InChI is InChI=1S/C12H12F2N2O5/c1-2-15(4-3-10(17)18)12(19)8-5-7(13)6-9(11(8)14)16(20)21/h5-6H,2-4H2,1H3,(H,17,18). The Morgan fingerprint density at radius 1 is 1.38 bits per heavy atom. The number of carboxylic acid groups (broad SMARTS) is 1. The van der Waals surface area contributed by atoms with Crippen LogP contribution < -0.4 is 0 Å². The first-order valence-electron chi connectivity index (χ1n) is 5.92. The van der Waals surface area contributed by atoms with Crippen LogP contribution in [-0.4, -0.2) is 39.9 Å². The van der Waals surface area contributed by atoms with Gasteiger partial charge in [0.15, 0.2) is 0 Å². The number of nitro benzene ring substituents is 1. The summed E-state index contributed by atoms with van der Waals surface area (Å²) >= 11 is 0. The Hall–Kier alpha value is -2.58. The quantitative estimate of drug-likeness (QED) is 0.638. The molecule has 1 amide bonds. The van der Waals surface area contributed by atoms with Crippen LogP contribution in [0.1, 0.15) is 23.7 Å². The summed E-state index contributed by atoms with van der Waals surface area (Å²) in [6.07, 6.45) is -0.376. The number of carboxylic acids is 1. The van der Waals surface area contributed by atoms with Crippen molar-refractivity contribution in [2.75, 3.05) is 13.1 Å². The fraction of sp³-hybridized carbons (Fsp3) is 0.333. The van der Waals surface area contributed by atoms with Gasteiger partial charge in [0.1, 0.15) is 5.82 Å². The molecule has 114 valence electrons. The summed E-state index contributed by atoms with van der Waals surface area (Å²) in [6, 6.07) is 0.924. The molecule has 0 bridgehead atoms. The first kappa shape index (κ1) is 16.5. The van der Waals surface area contributed by atoms with Gasteiger partial charge in [-0.2, -0.15) is 4.39 Å². The number of hydrogen-bond donors (Lipinski definition) is 1. The number of amides is 1. The lowest BCUT2D eigenvalue weighted by Crippen LogP contribution is -2.33. The molecule has 1 aromatic rings. The van der Waals surface area contributed by atoms with Crippen molar-refractivity contribution in [3.63, 3.8) is 0 Å². The van der Waals surface area contributed by atoms with Crippen LogP contribution in [0.3, 0.4) is 0 Å². The highest BCUT2D eigenvalue weighted by atomic mass is 19.1. The molecule has 0 aliphatic rings. The number of nitrogens with zero attached hydrogens (tertiary/aromatic N) is 2. The third-order valence-corrected chi connectivity index (χ3v) is 2.71. The Bertz CT molecular complexity index is 591. The van der Waals surface area contributed by atoms with Crippen LogP contribution in [-0.2, 0) is 4.79 Å². The van der Waals surface area contributed by atoms with E-state index >= 15 is 0 Å². The van der Waals surface area contributed by atoms with E-state index < -0.39 is 39.7 Å². The van der Waals surface area contributed by atoms with E-state index in [1.165, 1.54) is 6.92 Å². The minimum atomic E-state index is -1.44. The molecular weight excluding hydrogens is 290 g/mol. The van der Waals surface area contributed by atoms with Gasteiger partial charge in [-0.15, -0.1) is 0 Å². The first-order valence-corrected chi connectivity index (χ1v) is 5.92. The molecule has 7 nitrogen and oxygen atoms in total.